The summed E-state index contributed by atoms with van der Waals surface area (Å²) in [5, 5.41) is 0.255. The van der Waals surface area contributed by atoms with Crippen molar-refractivity contribution < 1.29 is 9.13 Å². The molecule has 0 fully saturated rings. The van der Waals surface area contributed by atoms with E-state index < -0.39 is 0 Å². The van der Waals surface area contributed by atoms with Crippen LogP contribution < -0.4 is 10.5 Å². The van der Waals surface area contributed by atoms with Crippen molar-refractivity contribution in [2.24, 2.45) is 0 Å². The minimum Gasteiger partial charge on any atom is -0.484 e. The molecular formula is C14H13ClFNO. The summed E-state index contributed by atoms with van der Waals surface area (Å²) in [6.07, 6.45) is -0.212. The predicted octanol–water partition coefficient (Wildman–Crippen LogP) is 4.20. The van der Waals surface area contributed by atoms with Crippen LogP contribution in [-0.2, 0) is 0 Å². The first-order chi connectivity index (χ1) is 8.56. The fourth-order valence-corrected chi connectivity index (χ4v) is 1.85. The third-order valence-corrected chi connectivity index (χ3v) is 2.87. The summed E-state index contributed by atoms with van der Waals surface area (Å²) in [6, 6.07) is 11.5. The van der Waals surface area contributed by atoms with Gasteiger partial charge < -0.3 is 10.5 Å². The van der Waals surface area contributed by atoms with Crippen LogP contribution in [0.4, 0.5) is 10.1 Å². The van der Waals surface area contributed by atoms with E-state index in [4.69, 9.17) is 22.1 Å². The Hall–Kier alpha value is -1.74. The Morgan fingerprint density at radius 2 is 2.00 bits per heavy atom. The van der Waals surface area contributed by atoms with Gasteiger partial charge in [-0.05, 0) is 42.8 Å². The second-order valence-corrected chi connectivity index (χ2v) is 4.41. The molecule has 0 aliphatic carbocycles. The van der Waals surface area contributed by atoms with Crippen molar-refractivity contribution in [1.82, 2.24) is 0 Å². The number of hydrogen-bond donors (Lipinski definition) is 1. The lowest BCUT2D eigenvalue weighted by Gasteiger charge is -2.16. The lowest BCUT2D eigenvalue weighted by molar-refractivity contribution is 0.227. The fraction of sp³-hybridized carbons (Fsp3) is 0.143. The van der Waals surface area contributed by atoms with Crippen LogP contribution >= 0.6 is 11.6 Å². The summed E-state index contributed by atoms with van der Waals surface area (Å²) in [6.45, 7) is 1.88. The number of benzene rings is 2. The maximum Gasteiger partial charge on any atom is 0.139 e. The zero-order chi connectivity index (χ0) is 13.1. The molecule has 0 radical (unpaired) electrons. The molecule has 2 N–H and O–H groups in total. The Bertz CT molecular complexity index is 559. The Kier molecular flexibility index (Phi) is 3.72. The van der Waals surface area contributed by atoms with Gasteiger partial charge in [0.25, 0.3) is 0 Å². The topological polar surface area (TPSA) is 35.2 Å². The smallest absolute Gasteiger partial charge is 0.139 e. The molecule has 0 saturated carbocycles. The number of ether oxygens (including phenoxy) is 1. The minimum atomic E-state index is -0.385. The molecule has 2 nitrogen and oxygen atoms in total. The summed E-state index contributed by atoms with van der Waals surface area (Å²) < 4.78 is 18.6. The summed E-state index contributed by atoms with van der Waals surface area (Å²) in [5.74, 6) is 0.0666. The average molecular weight is 266 g/mol. The molecule has 94 valence electrons. The molecule has 1 unspecified atom stereocenters. The van der Waals surface area contributed by atoms with E-state index in [1.807, 2.05) is 25.1 Å². The quantitative estimate of drug-likeness (QED) is 0.844. The molecule has 0 saturated heterocycles. The molecule has 0 spiro atoms. The molecular weight excluding hydrogens is 253 g/mol. The predicted molar refractivity (Wildman–Crippen MR) is 71.3 cm³/mol. The van der Waals surface area contributed by atoms with E-state index >= 15 is 0 Å². The summed E-state index contributed by atoms with van der Waals surface area (Å²) in [5.41, 5.74) is 7.32. The Balaban J connectivity index is 2.18. The molecule has 0 amide bonds. The molecule has 4 heteroatoms. The van der Waals surface area contributed by atoms with E-state index in [2.05, 4.69) is 0 Å². The van der Waals surface area contributed by atoms with E-state index in [0.29, 0.717) is 11.4 Å². The van der Waals surface area contributed by atoms with Crippen molar-refractivity contribution in [3.63, 3.8) is 0 Å². The van der Waals surface area contributed by atoms with Crippen LogP contribution in [-0.4, -0.2) is 0 Å². The van der Waals surface area contributed by atoms with Gasteiger partial charge in [0.1, 0.15) is 17.7 Å². The molecule has 2 aromatic carbocycles. The zero-order valence-electron chi connectivity index (χ0n) is 9.86. The van der Waals surface area contributed by atoms with Crippen molar-refractivity contribution in [3.05, 3.63) is 58.9 Å². The van der Waals surface area contributed by atoms with Gasteiger partial charge in [0.2, 0.25) is 0 Å². The van der Waals surface area contributed by atoms with Crippen molar-refractivity contribution in [3.8, 4) is 5.75 Å². The third-order valence-electron chi connectivity index (χ3n) is 2.58. The second kappa shape index (κ2) is 5.27. The number of halogens is 2. The van der Waals surface area contributed by atoms with Crippen LogP contribution in [0.5, 0.6) is 5.75 Å². The number of hydrogen-bond acceptors (Lipinski definition) is 2. The standard InChI is InChI=1S/C14H13ClFNO/c1-9(10-3-2-4-12(17)7-10)18-14-6-5-11(16)8-13(14)15/h2-9H,17H2,1H3. The zero-order valence-corrected chi connectivity index (χ0v) is 10.6. The van der Waals surface area contributed by atoms with Gasteiger partial charge in [-0.3, -0.25) is 0 Å². The molecule has 2 rings (SSSR count). The highest BCUT2D eigenvalue weighted by Crippen LogP contribution is 2.29. The molecule has 18 heavy (non-hydrogen) atoms. The monoisotopic (exact) mass is 265 g/mol. The maximum absolute atomic E-state index is 12.9. The van der Waals surface area contributed by atoms with E-state index in [1.165, 1.54) is 18.2 Å². The lowest BCUT2D eigenvalue weighted by atomic mass is 10.1. The first kappa shape index (κ1) is 12.7. The molecule has 1 atom stereocenters. The highest BCUT2D eigenvalue weighted by molar-refractivity contribution is 6.32. The first-order valence-corrected chi connectivity index (χ1v) is 5.91. The highest BCUT2D eigenvalue weighted by Gasteiger charge is 2.10. The Morgan fingerprint density at radius 3 is 2.67 bits per heavy atom. The van der Waals surface area contributed by atoms with Crippen molar-refractivity contribution in [2.75, 3.05) is 5.73 Å². The largest absolute Gasteiger partial charge is 0.484 e. The van der Waals surface area contributed by atoms with Gasteiger partial charge in [-0.15, -0.1) is 0 Å². The Labute approximate surface area is 110 Å². The lowest BCUT2D eigenvalue weighted by Crippen LogP contribution is -2.04. The van der Waals surface area contributed by atoms with Crippen LogP contribution in [0.2, 0.25) is 5.02 Å². The summed E-state index contributed by atoms with van der Waals surface area (Å²) in [4.78, 5) is 0. The molecule has 0 heterocycles. The van der Waals surface area contributed by atoms with Crippen LogP contribution in [0.3, 0.4) is 0 Å². The van der Waals surface area contributed by atoms with Gasteiger partial charge in [-0.1, -0.05) is 23.7 Å². The normalized spacial score (nSPS) is 12.2. The van der Waals surface area contributed by atoms with E-state index in [0.717, 1.165) is 5.56 Å². The number of nitrogens with two attached hydrogens (primary N) is 1. The van der Waals surface area contributed by atoms with Gasteiger partial charge in [0.05, 0.1) is 5.02 Å². The molecule has 2 aromatic rings. The fourth-order valence-electron chi connectivity index (χ4n) is 1.64. The Morgan fingerprint density at radius 1 is 1.22 bits per heavy atom. The van der Waals surface area contributed by atoms with Gasteiger partial charge in [0, 0.05) is 5.69 Å². The van der Waals surface area contributed by atoms with Crippen molar-refractivity contribution in [1.29, 1.82) is 0 Å². The van der Waals surface area contributed by atoms with Crippen molar-refractivity contribution >= 4 is 17.3 Å². The second-order valence-electron chi connectivity index (χ2n) is 4.00. The first-order valence-electron chi connectivity index (χ1n) is 5.53. The minimum absolute atomic E-state index is 0.212. The maximum atomic E-state index is 12.9. The van der Waals surface area contributed by atoms with Crippen molar-refractivity contribution in [2.45, 2.75) is 13.0 Å². The van der Waals surface area contributed by atoms with Crippen LogP contribution in [0.25, 0.3) is 0 Å². The summed E-state index contributed by atoms with van der Waals surface area (Å²) in [7, 11) is 0. The van der Waals surface area contributed by atoms with Gasteiger partial charge in [-0.2, -0.15) is 0 Å². The average Bonchev–Trinajstić information content (AvgIpc) is 2.32. The van der Waals surface area contributed by atoms with Crippen LogP contribution in [0, 0.1) is 5.82 Å². The van der Waals surface area contributed by atoms with Gasteiger partial charge >= 0.3 is 0 Å². The van der Waals surface area contributed by atoms with Gasteiger partial charge in [0.15, 0.2) is 0 Å². The van der Waals surface area contributed by atoms with E-state index in [-0.39, 0.29) is 16.9 Å². The number of nitrogen functional groups attached to an aromatic ring is 1. The van der Waals surface area contributed by atoms with Crippen LogP contribution in [0.1, 0.15) is 18.6 Å². The number of rotatable bonds is 3. The van der Waals surface area contributed by atoms with Crippen LogP contribution in [0.15, 0.2) is 42.5 Å². The molecule has 0 aliphatic heterocycles. The molecule has 0 bridgehead atoms. The number of anilines is 1. The molecule has 0 aromatic heterocycles. The van der Waals surface area contributed by atoms with E-state index in [1.54, 1.807) is 6.07 Å². The van der Waals surface area contributed by atoms with Gasteiger partial charge in [-0.25, -0.2) is 4.39 Å². The summed E-state index contributed by atoms with van der Waals surface area (Å²) >= 11 is 5.90. The van der Waals surface area contributed by atoms with E-state index in [9.17, 15) is 4.39 Å². The SMILES string of the molecule is CC(Oc1ccc(F)cc1Cl)c1cccc(N)c1. The third kappa shape index (κ3) is 2.93. The molecule has 0 aliphatic rings. The highest BCUT2D eigenvalue weighted by atomic mass is 35.5.